The summed E-state index contributed by atoms with van der Waals surface area (Å²) in [7, 11) is 1.62. The summed E-state index contributed by atoms with van der Waals surface area (Å²) in [6.07, 6.45) is 4.83. The number of ether oxygens (including phenoxy) is 3. The average Bonchev–Trinajstić information content (AvgIpc) is 3.31. The van der Waals surface area contributed by atoms with Crippen LogP contribution in [-0.2, 0) is 11.2 Å². The zero-order chi connectivity index (χ0) is 17.9. The van der Waals surface area contributed by atoms with E-state index in [1.807, 2.05) is 42.5 Å². The largest absolute Gasteiger partial charge is 0.493 e. The van der Waals surface area contributed by atoms with Gasteiger partial charge < -0.3 is 19.5 Å². The van der Waals surface area contributed by atoms with E-state index in [-0.39, 0.29) is 12.0 Å². The Morgan fingerprint density at radius 2 is 1.92 bits per heavy atom. The smallest absolute Gasteiger partial charge is 0.265 e. The van der Waals surface area contributed by atoms with Gasteiger partial charge in [0.05, 0.1) is 13.2 Å². The van der Waals surface area contributed by atoms with Crippen LogP contribution >= 0.6 is 0 Å². The zero-order valence-electron chi connectivity index (χ0n) is 14.9. The fraction of sp³-hybridized carbons (Fsp3) is 0.381. The lowest BCUT2D eigenvalue weighted by atomic mass is 10.1. The Hall–Kier alpha value is -2.69. The molecule has 4 rings (SSSR count). The van der Waals surface area contributed by atoms with Crippen LogP contribution in [0.15, 0.2) is 42.5 Å². The van der Waals surface area contributed by atoms with E-state index in [0.29, 0.717) is 23.6 Å². The third-order valence-electron chi connectivity index (χ3n) is 4.97. The van der Waals surface area contributed by atoms with Gasteiger partial charge in [0.1, 0.15) is 5.75 Å². The maximum absolute atomic E-state index is 12.6. The molecule has 1 fully saturated rings. The third kappa shape index (κ3) is 3.47. The predicted octanol–water partition coefficient (Wildman–Crippen LogP) is 3.96. The van der Waals surface area contributed by atoms with Crippen molar-refractivity contribution in [1.29, 1.82) is 0 Å². The van der Waals surface area contributed by atoms with Crippen molar-refractivity contribution >= 4 is 11.6 Å². The van der Waals surface area contributed by atoms with Crippen molar-refractivity contribution in [2.45, 2.75) is 44.3 Å². The van der Waals surface area contributed by atoms with Crippen LogP contribution in [0.25, 0.3) is 0 Å². The molecule has 0 radical (unpaired) electrons. The molecule has 1 heterocycles. The Bertz CT molecular complexity index is 773. The zero-order valence-corrected chi connectivity index (χ0v) is 14.9. The van der Waals surface area contributed by atoms with E-state index in [0.717, 1.165) is 24.2 Å². The van der Waals surface area contributed by atoms with Crippen molar-refractivity contribution < 1.29 is 19.0 Å². The molecule has 1 atom stereocenters. The number of para-hydroxylation sites is 1. The number of nitrogens with one attached hydrogen (secondary N) is 1. The number of hydrogen-bond donors (Lipinski definition) is 1. The highest BCUT2D eigenvalue weighted by Crippen LogP contribution is 2.34. The molecular weight excluding hydrogens is 330 g/mol. The summed E-state index contributed by atoms with van der Waals surface area (Å²) in [5, 5.41) is 2.94. The van der Waals surface area contributed by atoms with Gasteiger partial charge in [-0.3, -0.25) is 4.79 Å². The van der Waals surface area contributed by atoms with E-state index in [1.165, 1.54) is 12.8 Å². The molecule has 1 aliphatic carbocycles. The van der Waals surface area contributed by atoms with Crippen molar-refractivity contribution in [3.63, 3.8) is 0 Å². The molecule has 0 bridgehead atoms. The van der Waals surface area contributed by atoms with Gasteiger partial charge in [0, 0.05) is 18.2 Å². The lowest BCUT2D eigenvalue weighted by Crippen LogP contribution is -2.31. The molecule has 2 aromatic rings. The van der Waals surface area contributed by atoms with Crippen molar-refractivity contribution in [2.24, 2.45) is 0 Å². The highest BCUT2D eigenvalue weighted by atomic mass is 16.5. The Labute approximate surface area is 153 Å². The minimum absolute atomic E-state index is 0.154. The number of anilines is 1. The fourth-order valence-corrected chi connectivity index (χ4v) is 3.58. The van der Waals surface area contributed by atoms with Crippen LogP contribution in [0.1, 0.15) is 31.2 Å². The Balaban J connectivity index is 1.45. The molecule has 0 saturated heterocycles. The molecule has 136 valence electrons. The maximum atomic E-state index is 12.6. The first-order chi connectivity index (χ1) is 12.7. The Kier molecular flexibility index (Phi) is 4.69. The van der Waals surface area contributed by atoms with Crippen LogP contribution in [0.5, 0.6) is 17.2 Å². The second kappa shape index (κ2) is 7.28. The minimum atomic E-state index is -0.506. The SMILES string of the molecule is COc1ccc(NC(=O)C2Cc3ccccc3O2)cc1OC1CCCC1. The van der Waals surface area contributed by atoms with E-state index in [2.05, 4.69) is 5.32 Å². The third-order valence-corrected chi connectivity index (χ3v) is 4.97. The fourth-order valence-electron chi connectivity index (χ4n) is 3.58. The molecular formula is C21H23NO4. The normalized spacial score (nSPS) is 18.9. The van der Waals surface area contributed by atoms with E-state index in [9.17, 15) is 4.79 Å². The molecule has 1 amide bonds. The second-order valence-electron chi connectivity index (χ2n) is 6.80. The summed E-state index contributed by atoms with van der Waals surface area (Å²) in [5.41, 5.74) is 1.75. The monoisotopic (exact) mass is 353 g/mol. The maximum Gasteiger partial charge on any atom is 0.265 e. The summed E-state index contributed by atoms with van der Waals surface area (Å²) in [6, 6.07) is 13.2. The molecule has 5 nitrogen and oxygen atoms in total. The molecule has 1 unspecified atom stereocenters. The lowest BCUT2D eigenvalue weighted by Gasteiger charge is -2.17. The summed E-state index contributed by atoms with van der Waals surface area (Å²) < 4.78 is 17.2. The highest BCUT2D eigenvalue weighted by molar-refractivity contribution is 5.95. The molecule has 5 heteroatoms. The van der Waals surface area contributed by atoms with Crippen LogP contribution in [0.4, 0.5) is 5.69 Å². The highest BCUT2D eigenvalue weighted by Gasteiger charge is 2.29. The Morgan fingerprint density at radius 3 is 2.69 bits per heavy atom. The van der Waals surface area contributed by atoms with Crippen LogP contribution in [0.3, 0.4) is 0 Å². The van der Waals surface area contributed by atoms with E-state index >= 15 is 0 Å². The Morgan fingerprint density at radius 1 is 1.12 bits per heavy atom. The molecule has 0 spiro atoms. The minimum Gasteiger partial charge on any atom is -0.493 e. The van der Waals surface area contributed by atoms with Gasteiger partial charge in [-0.2, -0.15) is 0 Å². The average molecular weight is 353 g/mol. The van der Waals surface area contributed by atoms with Crippen molar-refractivity contribution in [2.75, 3.05) is 12.4 Å². The first kappa shape index (κ1) is 16.8. The molecule has 2 aliphatic rings. The number of carbonyl (C=O) groups excluding carboxylic acids is 1. The first-order valence-corrected chi connectivity index (χ1v) is 9.13. The van der Waals surface area contributed by atoms with Gasteiger partial charge in [-0.15, -0.1) is 0 Å². The molecule has 1 aliphatic heterocycles. The summed E-state index contributed by atoms with van der Waals surface area (Å²) in [5.74, 6) is 1.98. The molecule has 2 aromatic carbocycles. The lowest BCUT2D eigenvalue weighted by molar-refractivity contribution is -0.122. The quantitative estimate of drug-likeness (QED) is 0.884. The number of carbonyl (C=O) groups is 1. The summed E-state index contributed by atoms with van der Waals surface area (Å²) >= 11 is 0. The number of methoxy groups -OCH3 is 1. The van der Waals surface area contributed by atoms with Gasteiger partial charge in [-0.1, -0.05) is 18.2 Å². The van der Waals surface area contributed by atoms with Gasteiger partial charge in [0.15, 0.2) is 17.6 Å². The van der Waals surface area contributed by atoms with E-state index in [4.69, 9.17) is 14.2 Å². The molecule has 1 N–H and O–H groups in total. The van der Waals surface area contributed by atoms with Crippen molar-refractivity contribution in [1.82, 2.24) is 0 Å². The van der Waals surface area contributed by atoms with Gasteiger partial charge >= 0.3 is 0 Å². The van der Waals surface area contributed by atoms with Gasteiger partial charge in [-0.25, -0.2) is 0 Å². The van der Waals surface area contributed by atoms with Crippen LogP contribution in [0, 0.1) is 0 Å². The van der Waals surface area contributed by atoms with Crippen molar-refractivity contribution in [3.8, 4) is 17.2 Å². The van der Waals surface area contributed by atoms with Gasteiger partial charge in [0.25, 0.3) is 5.91 Å². The standard InChI is InChI=1S/C21H23NO4/c1-24-18-11-10-15(13-19(18)25-16-7-3-4-8-16)22-21(23)20-12-14-6-2-5-9-17(14)26-20/h2,5-6,9-11,13,16,20H,3-4,7-8,12H2,1H3,(H,22,23). The molecule has 26 heavy (non-hydrogen) atoms. The van der Waals surface area contributed by atoms with Gasteiger partial charge in [0.2, 0.25) is 0 Å². The van der Waals surface area contributed by atoms with Crippen LogP contribution < -0.4 is 19.5 Å². The van der Waals surface area contributed by atoms with E-state index in [1.54, 1.807) is 7.11 Å². The number of benzene rings is 2. The van der Waals surface area contributed by atoms with Crippen LogP contribution in [0.2, 0.25) is 0 Å². The van der Waals surface area contributed by atoms with Crippen LogP contribution in [-0.4, -0.2) is 25.2 Å². The van der Waals surface area contributed by atoms with E-state index < -0.39 is 6.10 Å². The number of hydrogen-bond acceptors (Lipinski definition) is 4. The first-order valence-electron chi connectivity index (χ1n) is 9.13. The molecule has 1 saturated carbocycles. The summed E-state index contributed by atoms with van der Waals surface area (Å²) in [4.78, 5) is 12.6. The summed E-state index contributed by atoms with van der Waals surface area (Å²) in [6.45, 7) is 0. The predicted molar refractivity (Wildman–Crippen MR) is 99.1 cm³/mol. The number of amides is 1. The van der Waals surface area contributed by atoms with Gasteiger partial charge in [-0.05, 0) is 49.4 Å². The topological polar surface area (TPSA) is 56.8 Å². The number of fused-ring (bicyclic) bond motifs is 1. The second-order valence-corrected chi connectivity index (χ2v) is 6.80. The number of rotatable bonds is 5. The van der Waals surface area contributed by atoms with Crippen molar-refractivity contribution in [3.05, 3.63) is 48.0 Å². The molecule has 0 aromatic heterocycles.